The van der Waals surface area contributed by atoms with Crippen molar-refractivity contribution >= 4 is 21.7 Å². The molecule has 0 aromatic heterocycles. The fraction of sp³-hybridized carbons (Fsp3) is 0.556. The number of aryl methyl sites for hydroxylation is 1. The standard InChI is InChI=1S/C18H25NO6S/c1-12(2)15-5-4-13(3)8-16(15)24-10-18(21)25-9-17(20)19-14-6-7-26(22,23)11-14/h4-5,8,12,14H,6-7,9-11H2,1-3H3,(H,19,20)/t14-/m0/s1. The molecule has 1 aliphatic rings. The lowest BCUT2D eigenvalue weighted by molar-refractivity contribution is -0.150. The Morgan fingerprint density at radius 1 is 1.27 bits per heavy atom. The van der Waals surface area contributed by atoms with Gasteiger partial charge in [-0.05, 0) is 36.5 Å². The molecule has 1 atom stereocenters. The first-order valence-corrected chi connectivity index (χ1v) is 10.4. The van der Waals surface area contributed by atoms with Crippen LogP contribution in [0, 0.1) is 6.92 Å². The molecule has 1 N–H and O–H groups in total. The highest BCUT2D eigenvalue weighted by Gasteiger charge is 2.29. The van der Waals surface area contributed by atoms with Crippen LogP contribution < -0.4 is 10.1 Å². The zero-order valence-corrected chi connectivity index (χ0v) is 16.1. The molecule has 26 heavy (non-hydrogen) atoms. The Balaban J connectivity index is 1.77. The molecule has 144 valence electrons. The number of hydrogen-bond donors (Lipinski definition) is 1. The highest BCUT2D eigenvalue weighted by molar-refractivity contribution is 7.91. The van der Waals surface area contributed by atoms with Crippen molar-refractivity contribution in [2.75, 3.05) is 24.7 Å². The van der Waals surface area contributed by atoms with Gasteiger partial charge in [0.2, 0.25) is 0 Å². The van der Waals surface area contributed by atoms with Crippen molar-refractivity contribution in [3.8, 4) is 5.75 Å². The van der Waals surface area contributed by atoms with Gasteiger partial charge in [0.05, 0.1) is 11.5 Å². The molecule has 0 saturated carbocycles. The average Bonchev–Trinajstić information content (AvgIpc) is 2.89. The van der Waals surface area contributed by atoms with Gasteiger partial charge in [-0.3, -0.25) is 4.79 Å². The monoisotopic (exact) mass is 383 g/mol. The van der Waals surface area contributed by atoms with Gasteiger partial charge in [-0.15, -0.1) is 0 Å². The van der Waals surface area contributed by atoms with Crippen molar-refractivity contribution in [2.24, 2.45) is 0 Å². The average molecular weight is 383 g/mol. The summed E-state index contributed by atoms with van der Waals surface area (Å²) in [6.45, 7) is 5.24. The van der Waals surface area contributed by atoms with Crippen LogP contribution in [0.15, 0.2) is 18.2 Å². The van der Waals surface area contributed by atoms with Crippen molar-refractivity contribution in [1.29, 1.82) is 0 Å². The number of benzene rings is 1. The maximum Gasteiger partial charge on any atom is 0.344 e. The minimum absolute atomic E-state index is 0.0683. The van der Waals surface area contributed by atoms with Gasteiger partial charge in [0, 0.05) is 6.04 Å². The first kappa shape index (κ1) is 20.2. The topological polar surface area (TPSA) is 98.8 Å². The predicted octanol–water partition coefficient (Wildman–Crippen LogP) is 1.34. The maximum absolute atomic E-state index is 11.8. The number of amides is 1. The first-order valence-electron chi connectivity index (χ1n) is 8.55. The summed E-state index contributed by atoms with van der Waals surface area (Å²) in [4.78, 5) is 23.6. The van der Waals surface area contributed by atoms with E-state index in [1.54, 1.807) is 0 Å². The largest absolute Gasteiger partial charge is 0.482 e. The zero-order valence-electron chi connectivity index (χ0n) is 15.3. The number of sulfone groups is 1. The highest BCUT2D eigenvalue weighted by Crippen LogP contribution is 2.27. The van der Waals surface area contributed by atoms with E-state index in [9.17, 15) is 18.0 Å². The van der Waals surface area contributed by atoms with Gasteiger partial charge < -0.3 is 14.8 Å². The number of hydrogen-bond acceptors (Lipinski definition) is 6. The van der Waals surface area contributed by atoms with Crippen LogP contribution in [0.5, 0.6) is 5.75 Å². The second-order valence-electron chi connectivity index (χ2n) is 6.81. The molecule has 8 heteroatoms. The van der Waals surface area contributed by atoms with E-state index < -0.39 is 34.4 Å². The summed E-state index contributed by atoms with van der Waals surface area (Å²) < 4.78 is 33.2. The summed E-state index contributed by atoms with van der Waals surface area (Å²) >= 11 is 0. The van der Waals surface area contributed by atoms with Crippen molar-refractivity contribution in [2.45, 2.75) is 39.2 Å². The van der Waals surface area contributed by atoms with E-state index in [1.165, 1.54) is 0 Å². The van der Waals surface area contributed by atoms with Gasteiger partial charge in [0.25, 0.3) is 5.91 Å². The van der Waals surface area contributed by atoms with Crippen LogP contribution in [0.2, 0.25) is 0 Å². The van der Waals surface area contributed by atoms with Crippen molar-refractivity contribution < 1.29 is 27.5 Å². The molecule has 1 aliphatic heterocycles. The fourth-order valence-corrected chi connectivity index (χ4v) is 4.42. The van der Waals surface area contributed by atoms with Crippen LogP contribution in [0.4, 0.5) is 0 Å². The first-order chi connectivity index (χ1) is 12.2. The molecule has 0 aliphatic carbocycles. The van der Waals surface area contributed by atoms with Crippen LogP contribution in [-0.2, 0) is 24.2 Å². The highest BCUT2D eigenvalue weighted by atomic mass is 32.2. The van der Waals surface area contributed by atoms with Gasteiger partial charge in [-0.1, -0.05) is 26.0 Å². The number of carbonyl (C=O) groups is 2. The molecule has 1 fully saturated rings. The summed E-state index contributed by atoms with van der Waals surface area (Å²) in [5, 5.41) is 2.56. The van der Waals surface area contributed by atoms with E-state index in [-0.39, 0.29) is 24.0 Å². The van der Waals surface area contributed by atoms with Crippen LogP contribution in [-0.4, -0.2) is 51.1 Å². The number of esters is 1. The molecule has 0 bridgehead atoms. The number of nitrogens with one attached hydrogen (secondary N) is 1. The molecule has 2 rings (SSSR count). The second-order valence-corrected chi connectivity index (χ2v) is 9.04. The summed E-state index contributed by atoms with van der Waals surface area (Å²) in [5.41, 5.74) is 2.01. The maximum atomic E-state index is 11.8. The third-order valence-corrected chi connectivity index (χ3v) is 5.87. The van der Waals surface area contributed by atoms with E-state index in [2.05, 4.69) is 5.32 Å². The van der Waals surface area contributed by atoms with E-state index in [0.29, 0.717) is 12.2 Å². The number of rotatable bonds is 7. The second kappa shape index (κ2) is 8.53. The smallest absolute Gasteiger partial charge is 0.344 e. The minimum atomic E-state index is -3.07. The van der Waals surface area contributed by atoms with Gasteiger partial charge in [-0.2, -0.15) is 0 Å². The molecule has 1 heterocycles. The Labute approximate surface area is 154 Å². The Morgan fingerprint density at radius 2 is 2.00 bits per heavy atom. The van der Waals surface area contributed by atoms with E-state index in [1.807, 2.05) is 39.0 Å². The molecule has 0 unspecified atom stereocenters. The van der Waals surface area contributed by atoms with Crippen LogP contribution >= 0.6 is 0 Å². The Kier molecular flexibility index (Phi) is 6.63. The zero-order chi connectivity index (χ0) is 19.3. The van der Waals surface area contributed by atoms with E-state index in [0.717, 1.165) is 11.1 Å². The molecule has 1 saturated heterocycles. The number of ether oxygens (including phenoxy) is 2. The third-order valence-electron chi connectivity index (χ3n) is 4.10. The summed E-state index contributed by atoms with van der Waals surface area (Å²) in [7, 11) is -3.07. The van der Waals surface area contributed by atoms with Gasteiger partial charge in [0.1, 0.15) is 5.75 Å². The van der Waals surface area contributed by atoms with Gasteiger partial charge >= 0.3 is 5.97 Å². The number of carbonyl (C=O) groups excluding carboxylic acids is 2. The van der Waals surface area contributed by atoms with Crippen molar-refractivity contribution in [3.63, 3.8) is 0 Å². The Bertz CT molecular complexity index is 772. The molecule has 1 aromatic rings. The van der Waals surface area contributed by atoms with E-state index >= 15 is 0 Å². The Hall–Kier alpha value is -2.09. The predicted molar refractivity (Wildman–Crippen MR) is 96.9 cm³/mol. The molecular weight excluding hydrogens is 358 g/mol. The lowest BCUT2D eigenvalue weighted by Crippen LogP contribution is -2.38. The van der Waals surface area contributed by atoms with Crippen LogP contribution in [0.3, 0.4) is 0 Å². The molecule has 0 spiro atoms. The molecule has 1 aromatic carbocycles. The molecule has 0 radical (unpaired) electrons. The Morgan fingerprint density at radius 3 is 2.62 bits per heavy atom. The van der Waals surface area contributed by atoms with Crippen LogP contribution in [0.25, 0.3) is 0 Å². The fourth-order valence-electron chi connectivity index (χ4n) is 2.75. The lowest BCUT2D eigenvalue weighted by atomic mass is 10.0. The molecule has 7 nitrogen and oxygen atoms in total. The molecule has 1 amide bonds. The summed E-state index contributed by atoms with van der Waals surface area (Å²) in [6.07, 6.45) is 0.385. The quantitative estimate of drug-likeness (QED) is 0.714. The SMILES string of the molecule is Cc1ccc(C(C)C)c(OCC(=O)OCC(=O)N[C@H]2CCS(=O)(=O)C2)c1. The van der Waals surface area contributed by atoms with Crippen LogP contribution in [0.1, 0.15) is 37.3 Å². The normalized spacial score (nSPS) is 18.5. The van der Waals surface area contributed by atoms with Crippen molar-refractivity contribution in [3.05, 3.63) is 29.3 Å². The minimum Gasteiger partial charge on any atom is -0.482 e. The van der Waals surface area contributed by atoms with E-state index in [4.69, 9.17) is 9.47 Å². The molecular formula is C18H25NO6S. The summed E-state index contributed by atoms with van der Waals surface area (Å²) in [6, 6.07) is 5.39. The lowest BCUT2D eigenvalue weighted by Gasteiger charge is -2.15. The van der Waals surface area contributed by atoms with Gasteiger partial charge in [0.15, 0.2) is 23.1 Å². The summed E-state index contributed by atoms with van der Waals surface area (Å²) in [5.74, 6) is -0.302. The van der Waals surface area contributed by atoms with Crippen molar-refractivity contribution in [1.82, 2.24) is 5.32 Å². The van der Waals surface area contributed by atoms with Gasteiger partial charge in [-0.25, -0.2) is 13.2 Å². The third kappa shape index (κ3) is 6.01.